The summed E-state index contributed by atoms with van der Waals surface area (Å²) in [6, 6.07) is 0. The first kappa shape index (κ1) is 23.2. The first-order valence-electron chi connectivity index (χ1n) is 6.06. The Morgan fingerprint density at radius 1 is 0.818 bits per heavy atom. The molecular weight excluding hydrogens is 308 g/mol. The van der Waals surface area contributed by atoms with Crippen molar-refractivity contribution in [1.82, 2.24) is 0 Å². The second-order valence-corrected chi connectivity index (χ2v) is 4.18. The maximum atomic E-state index is 10.5. The summed E-state index contributed by atoms with van der Waals surface area (Å²) in [5.41, 5.74) is 0. The molecule has 0 bridgehead atoms. The Morgan fingerprint density at radius 3 is 1.55 bits per heavy atom. The van der Waals surface area contributed by atoms with E-state index >= 15 is 0 Å². The number of ketones is 1. The third-order valence-electron chi connectivity index (χ3n) is 2.46. The van der Waals surface area contributed by atoms with E-state index < -0.39 is 62.2 Å². The SMILES string of the molecule is O=C(CO)[C@@H](O)[C@H](O)[C@H](O)CO.O=C[C@H](O)[C@H](O)[C@H](O)CO. The van der Waals surface area contributed by atoms with Crippen LogP contribution in [0.25, 0.3) is 0 Å². The number of hydrogen-bond acceptors (Lipinski definition) is 11. The van der Waals surface area contributed by atoms with Crippen molar-refractivity contribution in [3.63, 3.8) is 0 Å². The van der Waals surface area contributed by atoms with Crippen molar-refractivity contribution in [1.29, 1.82) is 0 Å². The molecule has 0 aromatic carbocycles. The van der Waals surface area contributed by atoms with Gasteiger partial charge in [0.15, 0.2) is 12.1 Å². The van der Waals surface area contributed by atoms with Crippen LogP contribution in [0.4, 0.5) is 0 Å². The first-order chi connectivity index (χ1) is 10.2. The average molecular weight is 330 g/mol. The van der Waals surface area contributed by atoms with Crippen LogP contribution in [0, 0.1) is 0 Å². The second-order valence-electron chi connectivity index (χ2n) is 4.18. The molecule has 0 saturated heterocycles. The molecule has 0 unspecified atom stereocenters. The Bertz CT molecular complexity index is 310. The number of carbonyl (C=O) groups is 2. The van der Waals surface area contributed by atoms with Gasteiger partial charge in [-0.25, -0.2) is 0 Å². The number of hydrogen-bond donors (Lipinski definition) is 9. The topological polar surface area (TPSA) is 216 Å². The van der Waals surface area contributed by atoms with Gasteiger partial charge in [-0.2, -0.15) is 0 Å². The van der Waals surface area contributed by atoms with Crippen molar-refractivity contribution in [2.45, 2.75) is 36.6 Å². The van der Waals surface area contributed by atoms with Crippen LogP contribution in [0.5, 0.6) is 0 Å². The summed E-state index contributed by atoms with van der Waals surface area (Å²) in [7, 11) is 0. The molecular formula is C11H22O11. The highest BCUT2D eigenvalue weighted by atomic mass is 16.4. The smallest absolute Gasteiger partial charge is 0.189 e. The minimum absolute atomic E-state index is 0.0869. The zero-order chi connectivity index (χ0) is 17.9. The summed E-state index contributed by atoms with van der Waals surface area (Å²) < 4.78 is 0. The zero-order valence-electron chi connectivity index (χ0n) is 11.5. The van der Waals surface area contributed by atoms with Crippen LogP contribution >= 0.6 is 0 Å². The minimum Gasteiger partial charge on any atom is -0.394 e. The second kappa shape index (κ2) is 12.5. The molecule has 0 spiro atoms. The number of Topliss-reactive ketones (excluding diaryl/α,β-unsaturated/α-hetero) is 1. The molecule has 0 heterocycles. The van der Waals surface area contributed by atoms with Crippen molar-refractivity contribution >= 4 is 12.1 Å². The van der Waals surface area contributed by atoms with E-state index in [2.05, 4.69) is 0 Å². The third kappa shape index (κ3) is 8.43. The van der Waals surface area contributed by atoms with Crippen molar-refractivity contribution in [2.75, 3.05) is 19.8 Å². The van der Waals surface area contributed by atoms with Crippen molar-refractivity contribution in [3.8, 4) is 0 Å². The monoisotopic (exact) mass is 330 g/mol. The van der Waals surface area contributed by atoms with Gasteiger partial charge in [-0.3, -0.25) is 4.79 Å². The van der Waals surface area contributed by atoms with Gasteiger partial charge in [-0.15, -0.1) is 0 Å². The van der Waals surface area contributed by atoms with Crippen LogP contribution in [0.1, 0.15) is 0 Å². The van der Waals surface area contributed by atoms with Gasteiger partial charge < -0.3 is 50.8 Å². The predicted octanol–water partition coefficient (Wildman–Crippen LogP) is -6.12. The first-order valence-corrected chi connectivity index (χ1v) is 6.06. The Hall–Kier alpha value is -1.02. The largest absolute Gasteiger partial charge is 0.394 e. The number of rotatable bonds is 9. The summed E-state index contributed by atoms with van der Waals surface area (Å²) in [6.07, 6.45) is -9.85. The van der Waals surface area contributed by atoms with Crippen LogP contribution in [-0.4, -0.2) is 114 Å². The highest BCUT2D eigenvalue weighted by Gasteiger charge is 2.28. The summed E-state index contributed by atoms with van der Waals surface area (Å²) >= 11 is 0. The van der Waals surface area contributed by atoms with Crippen molar-refractivity contribution in [2.24, 2.45) is 0 Å². The van der Waals surface area contributed by atoms with Crippen molar-refractivity contribution < 1.29 is 55.5 Å². The molecule has 0 radical (unpaired) electrons. The van der Waals surface area contributed by atoms with Crippen LogP contribution in [0.15, 0.2) is 0 Å². The lowest BCUT2D eigenvalue weighted by Gasteiger charge is -2.19. The van der Waals surface area contributed by atoms with E-state index in [1.165, 1.54) is 0 Å². The molecule has 0 aromatic rings. The summed E-state index contributed by atoms with van der Waals surface area (Å²) in [5, 5.41) is 77.1. The van der Waals surface area contributed by atoms with E-state index in [1.807, 2.05) is 0 Å². The van der Waals surface area contributed by atoms with Gasteiger partial charge in [0.2, 0.25) is 0 Å². The van der Waals surface area contributed by atoms with Gasteiger partial charge in [0, 0.05) is 0 Å². The molecule has 0 aliphatic rings. The molecule has 0 rings (SSSR count). The number of carbonyl (C=O) groups excluding carboxylic acids is 2. The third-order valence-corrected chi connectivity index (χ3v) is 2.46. The van der Waals surface area contributed by atoms with Gasteiger partial charge >= 0.3 is 0 Å². The standard InChI is InChI=1S/C6H12O6.C5H10O5/c7-1-3(9)5(11)6(12)4(10)2-8;6-1-3(8)5(10)4(9)2-7/h3,5-9,11-12H,1-2H2;1,3-5,7-10H,2H2/t3-,5-,6-;3-,4+,5-/m10/s1. The maximum Gasteiger partial charge on any atom is 0.189 e. The van der Waals surface area contributed by atoms with E-state index in [4.69, 9.17) is 46.0 Å². The van der Waals surface area contributed by atoms with Gasteiger partial charge in [-0.1, -0.05) is 0 Å². The molecule has 0 saturated carbocycles. The lowest BCUT2D eigenvalue weighted by Crippen LogP contribution is -2.44. The van der Waals surface area contributed by atoms with E-state index in [9.17, 15) is 9.59 Å². The van der Waals surface area contributed by atoms with Gasteiger partial charge in [-0.05, 0) is 0 Å². The normalized spacial score (nSPS) is 19.0. The number of aliphatic hydroxyl groups is 9. The van der Waals surface area contributed by atoms with Crippen LogP contribution in [0.2, 0.25) is 0 Å². The highest BCUT2D eigenvalue weighted by Crippen LogP contribution is 2.00. The molecule has 11 nitrogen and oxygen atoms in total. The Kier molecular flexibility index (Phi) is 13.2. The zero-order valence-corrected chi connectivity index (χ0v) is 11.5. The fourth-order valence-electron chi connectivity index (χ4n) is 1.02. The van der Waals surface area contributed by atoms with Crippen LogP contribution in [-0.2, 0) is 9.59 Å². The molecule has 9 N–H and O–H groups in total. The number of aldehydes is 1. The molecule has 6 atom stereocenters. The van der Waals surface area contributed by atoms with Gasteiger partial charge in [0.25, 0.3) is 0 Å². The van der Waals surface area contributed by atoms with E-state index in [-0.39, 0.29) is 6.29 Å². The fourth-order valence-corrected chi connectivity index (χ4v) is 1.02. The average Bonchev–Trinajstić information content (AvgIpc) is 2.56. The van der Waals surface area contributed by atoms with Gasteiger partial charge in [0.1, 0.15) is 43.2 Å². The molecule has 11 heteroatoms. The fraction of sp³-hybridized carbons (Fsp3) is 0.818. The summed E-state index contributed by atoms with van der Waals surface area (Å²) in [5.74, 6) is -1.00. The van der Waals surface area contributed by atoms with Crippen LogP contribution < -0.4 is 0 Å². The van der Waals surface area contributed by atoms with E-state index in [1.54, 1.807) is 0 Å². The molecule has 132 valence electrons. The summed E-state index contributed by atoms with van der Waals surface area (Å²) in [4.78, 5) is 20.3. The number of aliphatic hydroxyl groups excluding tert-OH is 9. The Morgan fingerprint density at radius 2 is 1.23 bits per heavy atom. The molecule has 0 amide bonds. The van der Waals surface area contributed by atoms with E-state index in [0.29, 0.717) is 0 Å². The molecule has 0 aliphatic heterocycles. The minimum atomic E-state index is -1.86. The molecule has 0 fully saturated rings. The molecule has 22 heavy (non-hydrogen) atoms. The lowest BCUT2D eigenvalue weighted by atomic mass is 10.1. The Labute approximate surface area is 125 Å². The Balaban J connectivity index is 0. The molecule has 0 aliphatic carbocycles. The maximum absolute atomic E-state index is 10.5. The van der Waals surface area contributed by atoms with Crippen LogP contribution in [0.3, 0.4) is 0 Å². The van der Waals surface area contributed by atoms with E-state index in [0.717, 1.165) is 0 Å². The summed E-state index contributed by atoms with van der Waals surface area (Å²) in [6.45, 7) is -2.38. The quantitative estimate of drug-likeness (QED) is 0.181. The molecule has 0 aromatic heterocycles. The lowest BCUT2D eigenvalue weighted by molar-refractivity contribution is -0.142. The predicted molar refractivity (Wildman–Crippen MR) is 68.4 cm³/mol. The van der Waals surface area contributed by atoms with Crippen molar-refractivity contribution in [3.05, 3.63) is 0 Å². The van der Waals surface area contributed by atoms with Gasteiger partial charge in [0.05, 0.1) is 13.2 Å². The highest BCUT2D eigenvalue weighted by molar-refractivity contribution is 5.84.